The molecule has 0 bridgehead atoms. The Bertz CT molecular complexity index is 1170. The number of benzene rings is 2. The van der Waals surface area contributed by atoms with Gasteiger partial charge >= 0.3 is 0 Å². The normalized spacial score (nSPS) is 10.3. The van der Waals surface area contributed by atoms with Gasteiger partial charge in [-0.1, -0.05) is 17.7 Å². The second-order valence-corrected chi connectivity index (χ2v) is 7.04. The maximum Gasteiger partial charge on any atom is 0.221 e. The van der Waals surface area contributed by atoms with E-state index in [1.54, 1.807) is 24.5 Å². The van der Waals surface area contributed by atoms with E-state index in [2.05, 4.69) is 25.8 Å². The summed E-state index contributed by atoms with van der Waals surface area (Å²) in [5, 5.41) is 17.5. The van der Waals surface area contributed by atoms with Crippen LogP contribution in [0.2, 0.25) is 5.02 Å². The van der Waals surface area contributed by atoms with Gasteiger partial charge in [0, 0.05) is 52.9 Å². The third-order valence-electron chi connectivity index (χ3n) is 4.40. The maximum absolute atomic E-state index is 11.5. The molecule has 4 aromatic rings. The summed E-state index contributed by atoms with van der Waals surface area (Å²) in [5.74, 6) is 0.476. The SMILES string of the molecule is CC(=O)Nc1ccc2c(Cc3ccncc3)nnc(Nc3ccc(Cl)cc3)c2c1.Cl. The molecule has 152 valence electrons. The topological polar surface area (TPSA) is 79.8 Å². The first-order valence-corrected chi connectivity index (χ1v) is 9.45. The number of halogens is 2. The van der Waals surface area contributed by atoms with Gasteiger partial charge in [-0.05, 0) is 54.1 Å². The predicted octanol–water partition coefficient (Wildman–Crippen LogP) is 5.39. The van der Waals surface area contributed by atoms with Crippen LogP contribution in [0.15, 0.2) is 67.0 Å². The van der Waals surface area contributed by atoms with Gasteiger partial charge in [0.05, 0.1) is 5.69 Å². The van der Waals surface area contributed by atoms with Crippen molar-refractivity contribution in [2.45, 2.75) is 13.3 Å². The van der Waals surface area contributed by atoms with Crippen LogP contribution in [-0.4, -0.2) is 21.1 Å². The molecule has 2 aromatic carbocycles. The zero-order chi connectivity index (χ0) is 20.2. The van der Waals surface area contributed by atoms with E-state index in [0.29, 0.717) is 22.9 Å². The van der Waals surface area contributed by atoms with Crippen molar-refractivity contribution in [1.82, 2.24) is 15.2 Å². The summed E-state index contributed by atoms with van der Waals surface area (Å²) < 4.78 is 0. The summed E-state index contributed by atoms with van der Waals surface area (Å²) in [6.07, 6.45) is 4.15. The lowest BCUT2D eigenvalue weighted by Crippen LogP contribution is -2.07. The number of nitrogens with one attached hydrogen (secondary N) is 2. The van der Waals surface area contributed by atoms with E-state index >= 15 is 0 Å². The van der Waals surface area contributed by atoms with E-state index in [9.17, 15) is 4.79 Å². The van der Waals surface area contributed by atoms with Crippen molar-refractivity contribution in [1.29, 1.82) is 0 Å². The van der Waals surface area contributed by atoms with Crippen LogP contribution in [0.3, 0.4) is 0 Å². The molecule has 0 aliphatic heterocycles. The first kappa shape index (κ1) is 21.5. The van der Waals surface area contributed by atoms with Gasteiger partial charge in [0.1, 0.15) is 0 Å². The number of fused-ring (bicyclic) bond motifs is 1. The van der Waals surface area contributed by atoms with Gasteiger partial charge in [-0.25, -0.2) is 0 Å². The second-order valence-electron chi connectivity index (χ2n) is 6.60. The fourth-order valence-corrected chi connectivity index (χ4v) is 3.20. The van der Waals surface area contributed by atoms with Crippen molar-refractivity contribution in [3.05, 3.63) is 83.3 Å². The number of rotatable bonds is 5. The lowest BCUT2D eigenvalue weighted by molar-refractivity contribution is -0.114. The van der Waals surface area contributed by atoms with Gasteiger partial charge in [-0.3, -0.25) is 9.78 Å². The molecule has 0 aliphatic rings. The molecule has 0 atom stereocenters. The van der Waals surface area contributed by atoms with Crippen LogP contribution >= 0.6 is 24.0 Å². The van der Waals surface area contributed by atoms with E-state index < -0.39 is 0 Å². The average molecular weight is 440 g/mol. The zero-order valence-corrected chi connectivity index (χ0v) is 17.7. The Kier molecular flexibility index (Phi) is 6.82. The average Bonchev–Trinajstić information content (AvgIpc) is 2.72. The number of hydrogen-bond acceptors (Lipinski definition) is 5. The van der Waals surface area contributed by atoms with E-state index in [1.807, 2.05) is 42.5 Å². The molecule has 2 N–H and O–H groups in total. The molecular formula is C22H19Cl2N5O. The van der Waals surface area contributed by atoms with Gasteiger partial charge in [0.2, 0.25) is 5.91 Å². The van der Waals surface area contributed by atoms with Gasteiger partial charge < -0.3 is 10.6 Å². The Morgan fingerprint density at radius 2 is 1.63 bits per heavy atom. The Hall–Kier alpha value is -3.22. The van der Waals surface area contributed by atoms with Crippen molar-refractivity contribution in [2.24, 2.45) is 0 Å². The lowest BCUT2D eigenvalue weighted by Gasteiger charge is -2.13. The number of pyridine rings is 1. The monoisotopic (exact) mass is 439 g/mol. The molecule has 2 aromatic heterocycles. The van der Waals surface area contributed by atoms with Crippen molar-refractivity contribution in [3.8, 4) is 0 Å². The van der Waals surface area contributed by atoms with Gasteiger partial charge in [-0.15, -0.1) is 17.5 Å². The lowest BCUT2D eigenvalue weighted by atomic mass is 10.0. The fourth-order valence-electron chi connectivity index (χ4n) is 3.08. The third kappa shape index (κ3) is 5.03. The Morgan fingerprint density at radius 3 is 2.33 bits per heavy atom. The molecule has 30 heavy (non-hydrogen) atoms. The second kappa shape index (κ2) is 9.52. The molecule has 0 unspecified atom stereocenters. The van der Waals surface area contributed by atoms with Crippen molar-refractivity contribution >= 4 is 57.9 Å². The summed E-state index contributed by atoms with van der Waals surface area (Å²) in [7, 11) is 0. The molecule has 0 radical (unpaired) electrons. The van der Waals surface area contributed by atoms with Crippen molar-refractivity contribution < 1.29 is 4.79 Å². The highest BCUT2D eigenvalue weighted by atomic mass is 35.5. The van der Waals surface area contributed by atoms with Gasteiger partial charge in [0.25, 0.3) is 0 Å². The minimum absolute atomic E-state index is 0. The van der Waals surface area contributed by atoms with E-state index in [0.717, 1.165) is 27.7 Å². The van der Waals surface area contributed by atoms with Crippen LogP contribution in [-0.2, 0) is 11.2 Å². The van der Waals surface area contributed by atoms with E-state index in [-0.39, 0.29) is 18.3 Å². The van der Waals surface area contributed by atoms with Crippen LogP contribution in [0.1, 0.15) is 18.2 Å². The standard InChI is InChI=1S/C22H18ClN5O.ClH/c1-14(29)25-18-6-7-19-20(13-18)22(26-17-4-2-16(23)3-5-17)28-27-21(19)12-15-8-10-24-11-9-15;/h2-11,13H,12H2,1H3,(H,25,29)(H,26,28);1H. The van der Waals surface area contributed by atoms with Gasteiger partial charge in [0.15, 0.2) is 5.82 Å². The molecule has 4 rings (SSSR count). The molecule has 2 heterocycles. The highest BCUT2D eigenvalue weighted by Crippen LogP contribution is 2.30. The van der Waals surface area contributed by atoms with Crippen LogP contribution < -0.4 is 10.6 Å². The minimum atomic E-state index is -0.129. The van der Waals surface area contributed by atoms with Crippen LogP contribution in [0.5, 0.6) is 0 Å². The van der Waals surface area contributed by atoms with Crippen LogP contribution in [0.25, 0.3) is 10.8 Å². The zero-order valence-electron chi connectivity index (χ0n) is 16.1. The van der Waals surface area contributed by atoms with E-state index in [1.165, 1.54) is 6.92 Å². The molecule has 1 amide bonds. The van der Waals surface area contributed by atoms with Crippen molar-refractivity contribution in [3.63, 3.8) is 0 Å². The Morgan fingerprint density at radius 1 is 0.933 bits per heavy atom. The summed E-state index contributed by atoms with van der Waals surface area (Å²) in [6.45, 7) is 1.48. The first-order chi connectivity index (χ1) is 14.1. The predicted molar refractivity (Wildman–Crippen MR) is 123 cm³/mol. The molecular weight excluding hydrogens is 421 g/mol. The summed E-state index contributed by atoms with van der Waals surface area (Å²) >= 11 is 5.98. The third-order valence-corrected chi connectivity index (χ3v) is 4.66. The molecule has 0 saturated carbocycles. The molecule has 0 spiro atoms. The summed E-state index contributed by atoms with van der Waals surface area (Å²) in [5.41, 5.74) is 3.49. The quantitative estimate of drug-likeness (QED) is 0.435. The smallest absolute Gasteiger partial charge is 0.221 e. The Labute approximate surface area is 185 Å². The number of nitrogens with zero attached hydrogens (tertiary/aromatic N) is 3. The number of hydrogen-bond donors (Lipinski definition) is 2. The number of anilines is 3. The van der Waals surface area contributed by atoms with Crippen molar-refractivity contribution in [2.75, 3.05) is 10.6 Å². The summed E-state index contributed by atoms with van der Waals surface area (Å²) in [6, 6.07) is 17.0. The van der Waals surface area contributed by atoms with Gasteiger partial charge in [-0.2, -0.15) is 5.10 Å². The number of aromatic nitrogens is 3. The minimum Gasteiger partial charge on any atom is -0.338 e. The molecule has 8 heteroatoms. The highest BCUT2D eigenvalue weighted by molar-refractivity contribution is 6.30. The van der Waals surface area contributed by atoms with Crippen LogP contribution in [0.4, 0.5) is 17.2 Å². The number of carbonyl (C=O) groups is 1. The molecule has 0 fully saturated rings. The summed E-state index contributed by atoms with van der Waals surface area (Å²) in [4.78, 5) is 15.6. The number of carbonyl (C=O) groups excluding carboxylic acids is 1. The number of amides is 1. The van der Waals surface area contributed by atoms with Crippen LogP contribution in [0, 0.1) is 0 Å². The molecule has 0 saturated heterocycles. The fraction of sp³-hybridized carbons (Fsp3) is 0.0909. The largest absolute Gasteiger partial charge is 0.338 e. The molecule has 0 aliphatic carbocycles. The Balaban J connectivity index is 0.00000256. The maximum atomic E-state index is 11.5. The molecule has 6 nitrogen and oxygen atoms in total. The van der Waals surface area contributed by atoms with E-state index in [4.69, 9.17) is 11.6 Å². The first-order valence-electron chi connectivity index (χ1n) is 9.07. The highest BCUT2D eigenvalue weighted by Gasteiger charge is 2.12.